The SMILES string of the molecule is CCN1CCN(C(=O)c2cc(-c3cccs3)nn2C)CC1. The summed E-state index contributed by atoms with van der Waals surface area (Å²) in [6, 6.07) is 5.93. The van der Waals surface area contributed by atoms with Crippen molar-refractivity contribution in [2.45, 2.75) is 6.92 Å². The van der Waals surface area contributed by atoms with Gasteiger partial charge in [-0.1, -0.05) is 13.0 Å². The number of hydrogen-bond acceptors (Lipinski definition) is 4. The van der Waals surface area contributed by atoms with Crippen LogP contribution >= 0.6 is 11.3 Å². The molecule has 21 heavy (non-hydrogen) atoms. The van der Waals surface area contributed by atoms with Gasteiger partial charge in [0, 0.05) is 33.2 Å². The molecule has 0 radical (unpaired) electrons. The van der Waals surface area contributed by atoms with Crippen molar-refractivity contribution < 1.29 is 4.79 Å². The molecule has 0 unspecified atom stereocenters. The molecule has 0 saturated carbocycles. The van der Waals surface area contributed by atoms with Gasteiger partial charge >= 0.3 is 0 Å². The average molecular weight is 304 g/mol. The molecule has 0 bridgehead atoms. The fraction of sp³-hybridized carbons (Fsp3) is 0.467. The number of nitrogens with zero attached hydrogens (tertiary/aromatic N) is 4. The van der Waals surface area contributed by atoms with Gasteiger partial charge in [0.25, 0.3) is 5.91 Å². The Bertz CT molecular complexity index is 612. The molecule has 3 rings (SSSR count). The van der Waals surface area contributed by atoms with Gasteiger partial charge in [-0.2, -0.15) is 5.10 Å². The summed E-state index contributed by atoms with van der Waals surface area (Å²) < 4.78 is 1.70. The highest BCUT2D eigenvalue weighted by molar-refractivity contribution is 7.13. The number of aromatic nitrogens is 2. The molecule has 0 aromatic carbocycles. The van der Waals surface area contributed by atoms with Crippen molar-refractivity contribution in [3.63, 3.8) is 0 Å². The van der Waals surface area contributed by atoms with E-state index in [1.807, 2.05) is 35.5 Å². The third-order valence-electron chi connectivity index (χ3n) is 3.98. The van der Waals surface area contributed by atoms with Gasteiger partial charge < -0.3 is 9.80 Å². The summed E-state index contributed by atoms with van der Waals surface area (Å²) in [4.78, 5) is 18.0. The zero-order valence-corrected chi connectivity index (χ0v) is 13.3. The van der Waals surface area contributed by atoms with Crippen LogP contribution in [0.5, 0.6) is 0 Å². The summed E-state index contributed by atoms with van der Waals surface area (Å²) in [6.07, 6.45) is 0. The number of carbonyl (C=O) groups is 1. The molecule has 5 nitrogen and oxygen atoms in total. The number of hydrogen-bond donors (Lipinski definition) is 0. The predicted molar refractivity (Wildman–Crippen MR) is 84.5 cm³/mol. The number of carbonyl (C=O) groups excluding carboxylic acids is 1. The van der Waals surface area contributed by atoms with E-state index in [2.05, 4.69) is 16.9 Å². The highest BCUT2D eigenvalue weighted by Crippen LogP contribution is 2.24. The molecule has 112 valence electrons. The van der Waals surface area contributed by atoms with Gasteiger partial charge in [0.05, 0.1) is 4.88 Å². The Labute approximate surface area is 128 Å². The molecular formula is C15H20N4OS. The Morgan fingerprint density at radius 3 is 2.71 bits per heavy atom. The van der Waals surface area contributed by atoms with E-state index in [9.17, 15) is 4.79 Å². The lowest BCUT2D eigenvalue weighted by Crippen LogP contribution is -2.48. The summed E-state index contributed by atoms with van der Waals surface area (Å²) in [5.41, 5.74) is 1.55. The largest absolute Gasteiger partial charge is 0.335 e. The summed E-state index contributed by atoms with van der Waals surface area (Å²) in [5.74, 6) is 0.0866. The number of piperazine rings is 1. The molecule has 6 heteroatoms. The maximum atomic E-state index is 12.6. The van der Waals surface area contributed by atoms with Crippen molar-refractivity contribution in [1.82, 2.24) is 19.6 Å². The van der Waals surface area contributed by atoms with Crippen LogP contribution in [0.25, 0.3) is 10.6 Å². The second-order valence-electron chi connectivity index (χ2n) is 5.24. The molecule has 2 aromatic heterocycles. The molecule has 0 spiro atoms. The van der Waals surface area contributed by atoms with Crippen LogP contribution in [-0.4, -0.2) is 58.2 Å². The molecule has 0 atom stereocenters. The van der Waals surface area contributed by atoms with Gasteiger partial charge in [0.15, 0.2) is 0 Å². The van der Waals surface area contributed by atoms with Gasteiger partial charge in [-0.3, -0.25) is 9.48 Å². The minimum atomic E-state index is 0.0866. The lowest BCUT2D eigenvalue weighted by atomic mass is 10.2. The first-order valence-corrected chi connectivity index (χ1v) is 8.16. The number of aryl methyl sites for hydroxylation is 1. The molecule has 1 amide bonds. The van der Waals surface area contributed by atoms with E-state index in [-0.39, 0.29) is 5.91 Å². The zero-order valence-electron chi connectivity index (χ0n) is 12.5. The van der Waals surface area contributed by atoms with Crippen LogP contribution in [0.15, 0.2) is 23.6 Å². The topological polar surface area (TPSA) is 41.4 Å². The van der Waals surface area contributed by atoms with Crippen LogP contribution in [0.4, 0.5) is 0 Å². The summed E-state index contributed by atoms with van der Waals surface area (Å²) >= 11 is 1.64. The summed E-state index contributed by atoms with van der Waals surface area (Å²) in [7, 11) is 1.84. The third kappa shape index (κ3) is 2.87. The molecule has 1 fully saturated rings. The average Bonchev–Trinajstić information content (AvgIpc) is 3.16. The molecule has 1 aliphatic rings. The van der Waals surface area contributed by atoms with Crippen LogP contribution < -0.4 is 0 Å². The van der Waals surface area contributed by atoms with Gasteiger partial charge in [-0.25, -0.2) is 0 Å². The highest BCUT2D eigenvalue weighted by atomic mass is 32.1. The first-order chi connectivity index (χ1) is 10.2. The Morgan fingerprint density at radius 2 is 2.10 bits per heavy atom. The number of amides is 1. The van der Waals surface area contributed by atoms with Crippen molar-refractivity contribution in [3.05, 3.63) is 29.3 Å². The van der Waals surface area contributed by atoms with Crippen molar-refractivity contribution in [1.29, 1.82) is 0 Å². The van der Waals surface area contributed by atoms with E-state index in [0.29, 0.717) is 5.69 Å². The van der Waals surface area contributed by atoms with Crippen LogP contribution in [0, 0.1) is 0 Å². The van der Waals surface area contributed by atoms with E-state index in [4.69, 9.17) is 0 Å². The summed E-state index contributed by atoms with van der Waals surface area (Å²) in [5, 5.41) is 6.49. The Hall–Kier alpha value is -1.66. The highest BCUT2D eigenvalue weighted by Gasteiger charge is 2.24. The minimum absolute atomic E-state index is 0.0866. The van der Waals surface area contributed by atoms with Crippen LogP contribution in [0.3, 0.4) is 0 Å². The zero-order chi connectivity index (χ0) is 14.8. The molecule has 1 saturated heterocycles. The van der Waals surface area contributed by atoms with Crippen molar-refractivity contribution in [3.8, 4) is 10.6 Å². The normalized spacial score (nSPS) is 16.4. The Balaban J connectivity index is 1.76. The van der Waals surface area contributed by atoms with Crippen molar-refractivity contribution in [2.75, 3.05) is 32.7 Å². The monoisotopic (exact) mass is 304 g/mol. The lowest BCUT2D eigenvalue weighted by molar-refractivity contribution is 0.0632. The maximum Gasteiger partial charge on any atom is 0.272 e. The fourth-order valence-corrected chi connectivity index (χ4v) is 3.32. The van der Waals surface area contributed by atoms with Crippen LogP contribution in [0.1, 0.15) is 17.4 Å². The van der Waals surface area contributed by atoms with Gasteiger partial charge in [0.1, 0.15) is 11.4 Å². The van der Waals surface area contributed by atoms with E-state index in [1.54, 1.807) is 16.0 Å². The second kappa shape index (κ2) is 5.99. The molecule has 0 aliphatic carbocycles. The standard InChI is InChI=1S/C15H20N4OS/c1-3-18-6-8-19(9-7-18)15(20)13-11-12(16-17(13)2)14-5-4-10-21-14/h4-5,10-11H,3,6-9H2,1-2H3. The molecule has 1 aliphatic heterocycles. The van der Waals surface area contributed by atoms with E-state index in [1.165, 1.54) is 0 Å². The van der Waals surface area contributed by atoms with Gasteiger partial charge in [-0.15, -0.1) is 11.3 Å². The van der Waals surface area contributed by atoms with E-state index in [0.717, 1.165) is 43.3 Å². The molecule has 2 aromatic rings. The number of rotatable bonds is 3. The number of likely N-dealkylation sites (N-methyl/N-ethyl adjacent to an activating group) is 1. The fourth-order valence-electron chi connectivity index (χ4n) is 2.64. The Morgan fingerprint density at radius 1 is 1.33 bits per heavy atom. The second-order valence-corrected chi connectivity index (χ2v) is 6.19. The first-order valence-electron chi connectivity index (χ1n) is 7.28. The van der Waals surface area contributed by atoms with E-state index >= 15 is 0 Å². The van der Waals surface area contributed by atoms with Gasteiger partial charge in [-0.05, 0) is 24.1 Å². The minimum Gasteiger partial charge on any atom is -0.335 e. The third-order valence-corrected chi connectivity index (χ3v) is 4.87. The van der Waals surface area contributed by atoms with E-state index < -0.39 is 0 Å². The van der Waals surface area contributed by atoms with Crippen LogP contribution in [0.2, 0.25) is 0 Å². The lowest BCUT2D eigenvalue weighted by Gasteiger charge is -2.33. The number of thiophene rings is 1. The van der Waals surface area contributed by atoms with Crippen molar-refractivity contribution >= 4 is 17.2 Å². The molecular weight excluding hydrogens is 284 g/mol. The van der Waals surface area contributed by atoms with Crippen LogP contribution in [-0.2, 0) is 7.05 Å². The van der Waals surface area contributed by atoms with Crippen molar-refractivity contribution in [2.24, 2.45) is 7.05 Å². The first kappa shape index (κ1) is 14.3. The maximum absolute atomic E-state index is 12.6. The quantitative estimate of drug-likeness (QED) is 0.870. The predicted octanol–water partition coefficient (Wildman–Crippen LogP) is 1.93. The summed E-state index contributed by atoms with van der Waals surface area (Å²) in [6.45, 7) is 6.72. The van der Waals surface area contributed by atoms with Gasteiger partial charge in [0.2, 0.25) is 0 Å². The molecule has 0 N–H and O–H groups in total. The molecule has 3 heterocycles. The smallest absolute Gasteiger partial charge is 0.272 e. The Kier molecular flexibility index (Phi) is 4.07.